The quantitative estimate of drug-likeness (QED) is 0.778. The molecule has 0 N–H and O–H groups in total. The number of nitrogens with zero attached hydrogens (tertiary/aromatic N) is 1. The van der Waals surface area contributed by atoms with Crippen molar-refractivity contribution in [2.75, 3.05) is 19.7 Å². The summed E-state index contributed by atoms with van der Waals surface area (Å²) >= 11 is 0. The minimum absolute atomic E-state index is 0.226. The summed E-state index contributed by atoms with van der Waals surface area (Å²) in [4.78, 5) is 13.7. The van der Waals surface area contributed by atoms with Crippen molar-refractivity contribution in [1.29, 1.82) is 0 Å². The average Bonchev–Trinajstić information content (AvgIpc) is 2.84. The van der Waals surface area contributed by atoms with Crippen LogP contribution in [0.25, 0.3) is 0 Å². The first kappa shape index (κ1) is 14.9. The van der Waals surface area contributed by atoms with Crippen LogP contribution in [0.2, 0.25) is 0 Å². The molecule has 2 rings (SSSR count). The molecule has 0 aromatic heterocycles. The van der Waals surface area contributed by atoms with E-state index in [1.165, 1.54) is 0 Å². The third-order valence-corrected chi connectivity index (χ3v) is 3.60. The van der Waals surface area contributed by atoms with Crippen molar-refractivity contribution < 1.29 is 18.3 Å². The number of ether oxygens (including phenoxy) is 1. The lowest BCUT2D eigenvalue weighted by molar-refractivity contribution is -0.150. The Morgan fingerprint density at radius 1 is 1.35 bits per heavy atom. The van der Waals surface area contributed by atoms with E-state index in [-0.39, 0.29) is 13.2 Å². The number of carbonyl (C=O) groups is 1. The number of halogens is 2. The van der Waals surface area contributed by atoms with Crippen LogP contribution in [0, 0.1) is 11.8 Å². The highest BCUT2D eigenvalue weighted by atomic mass is 19.3. The van der Waals surface area contributed by atoms with E-state index in [4.69, 9.17) is 4.74 Å². The molecule has 1 heterocycles. The van der Waals surface area contributed by atoms with Gasteiger partial charge in [0.2, 0.25) is 6.43 Å². The van der Waals surface area contributed by atoms with E-state index in [1.54, 1.807) is 6.92 Å². The molecule has 0 radical (unpaired) electrons. The fraction of sp³-hybridized carbons (Fsp3) is 0.533. The number of hydrogen-bond donors (Lipinski definition) is 0. The summed E-state index contributed by atoms with van der Waals surface area (Å²) in [6.07, 6.45) is -2.50. The minimum Gasteiger partial charge on any atom is -0.466 e. The summed E-state index contributed by atoms with van der Waals surface area (Å²) in [6, 6.07) is 9.65. The molecule has 0 amide bonds. The fourth-order valence-corrected chi connectivity index (χ4v) is 2.64. The van der Waals surface area contributed by atoms with Gasteiger partial charge in [-0.1, -0.05) is 30.3 Å². The number of rotatable bonds is 5. The summed E-state index contributed by atoms with van der Waals surface area (Å²) in [5, 5.41) is 0. The first-order valence-corrected chi connectivity index (χ1v) is 6.83. The van der Waals surface area contributed by atoms with Crippen LogP contribution in [0.4, 0.5) is 8.78 Å². The highest BCUT2D eigenvalue weighted by Gasteiger charge is 2.43. The molecule has 110 valence electrons. The zero-order valence-electron chi connectivity index (χ0n) is 11.5. The molecule has 1 fully saturated rings. The predicted molar refractivity (Wildman–Crippen MR) is 71.3 cm³/mol. The van der Waals surface area contributed by atoms with Gasteiger partial charge < -0.3 is 4.74 Å². The lowest BCUT2D eigenvalue weighted by Crippen LogP contribution is -2.29. The molecular formula is C15H19F2NO2. The monoisotopic (exact) mass is 283 g/mol. The van der Waals surface area contributed by atoms with Gasteiger partial charge in [-0.25, -0.2) is 8.78 Å². The number of alkyl halides is 2. The molecule has 1 aliphatic rings. The maximum atomic E-state index is 13.1. The molecule has 1 aromatic rings. The van der Waals surface area contributed by atoms with Crippen LogP contribution < -0.4 is 0 Å². The molecular weight excluding hydrogens is 264 g/mol. The Morgan fingerprint density at radius 2 is 2.05 bits per heavy atom. The van der Waals surface area contributed by atoms with E-state index in [2.05, 4.69) is 0 Å². The van der Waals surface area contributed by atoms with Gasteiger partial charge in [0.1, 0.15) is 0 Å². The van der Waals surface area contributed by atoms with Crippen molar-refractivity contribution >= 4 is 5.97 Å². The minimum atomic E-state index is -2.50. The van der Waals surface area contributed by atoms with Crippen LogP contribution in [0.5, 0.6) is 0 Å². The molecule has 0 spiro atoms. The maximum absolute atomic E-state index is 13.1. The van der Waals surface area contributed by atoms with E-state index >= 15 is 0 Å². The summed E-state index contributed by atoms with van der Waals surface area (Å²) in [5.74, 6) is -2.16. The topological polar surface area (TPSA) is 29.5 Å². The fourth-order valence-electron chi connectivity index (χ4n) is 2.64. The lowest BCUT2D eigenvalue weighted by atomic mass is 9.97. The Balaban J connectivity index is 2.02. The van der Waals surface area contributed by atoms with E-state index in [0.717, 1.165) is 5.56 Å². The second-order valence-electron chi connectivity index (χ2n) is 5.04. The third kappa shape index (κ3) is 3.54. The molecule has 0 bridgehead atoms. The van der Waals surface area contributed by atoms with Crippen LogP contribution in [0.3, 0.4) is 0 Å². The Bertz CT molecular complexity index is 439. The average molecular weight is 283 g/mol. The second kappa shape index (κ2) is 6.79. The number of hydrogen-bond acceptors (Lipinski definition) is 3. The van der Waals surface area contributed by atoms with Gasteiger partial charge >= 0.3 is 5.97 Å². The summed E-state index contributed by atoms with van der Waals surface area (Å²) in [6.45, 7) is 3.06. The van der Waals surface area contributed by atoms with Gasteiger partial charge in [0, 0.05) is 25.6 Å². The zero-order valence-corrected chi connectivity index (χ0v) is 11.5. The van der Waals surface area contributed by atoms with Crippen molar-refractivity contribution in [2.24, 2.45) is 11.8 Å². The Kier molecular flexibility index (Phi) is 5.06. The Morgan fingerprint density at radius 3 is 2.65 bits per heavy atom. The summed E-state index contributed by atoms with van der Waals surface area (Å²) < 4.78 is 31.0. The van der Waals surface area contributed by atoms with Crippen molar-refractivity contribution in [3.8, 4) is 0 Å². The zero-order chi connectivity index (χ0) is 14.5. The SMILES string of the molecule is CCOC(=O)[C@@H]1CN(Cc2ccccc2)C[C@H]1C(F)F. The Labute approximate surface area is 117 Å². The first-order chi connectivity index (χ1) is 9.61. The molecule has 0 saturated carbocycles. The smallest absolute Gasteiger partial charge is 0.310 e. The van der Waals surface area contributed by atoms with Gasteiger partial charge in [0.15, 0.2) is 0 Å². The van der Waals surface area contributed by atoms with E-state index < -0.39 is 24.2 Å². The highest BCUT2D eigenvalue weighted by molar-refractivity contribution is 5.73. The van der Waals surface area contributed by atoms with Crippen molar-refractivity contribution in [2.45, 2.75) is 19.9 Å². The van der Waals surface area contributed by atoms with E-state index in [0.29, 0.717) is 13.1 Å². The van der Waals surface area contributed by atoms with Crippen molar-refractivity contribution in [1.82, 2.24) is 4.90 Å². The molecule has 0 aliphatic carbocycles. The molecule has 1 aliphatic heterocycles. The summed E-state index contributed by atoms with van der Waals surface area (Å²) in [7, 11) is 0. The largest absolute Gasteiger partial charge is 0.466 e. The molecule has 20 heavy (non-hydrogen) atoms. The molecule has 0 unspecified atom stereocenters. The van der Waals surface area contributed by atoms with Crippen LogP contribution in [0.1, 0.15) is 12.5 Å². The highest BCUT2D eigenvalue weighted by Crippen LogP contribution is 2.30. The van der Waals surface area contributed by atoms with Gasteiger partial charge in [-0.15, -0.1) is 0 Å². The molecule has 5 heteroatoms. The second-order valence-corrected chi connectivity index (χ2v) is 5.04. The molecule has 3 nitrogen and oxygen atoms in total. The van der Waals surface area contributed by atoms with Gasteiger partial charge in [-0.3, -0.25) is 9.69 Å². The standard InChI is InChI=1S/C15H19F2NO2/c1-2-20-15(19)13-10-18(9-12(13)14(16)17)8-11-6-4-3-5-7-11/h3-7,12-14H,2,8-10H2,1H3/t12-,13-/m1/s1. The number of likely N-dealkylation sites (tertiary alicyclic amines) is 1. The number of esters is 1. The van der Waals surface area contributed by atoms with Gasteiger partial charge in [0.25, 0.3) is 0 Å². The van der Waals surface area contributed by atoms with Gasteiger partial charge in [-0.2, -0.15) is 0 Å². The van der Waals surface area contributed by atoms with Crippen molar-refractivity contribution in [3.05, 3.63) is 35.9 Å². The molecule has 1 aromatic carbocycles. The van der Waals surface area contributed by atoms with Gasteiger partial charge in [0.05, 0.1) is 12.5 Å². The lowest BCUT2D eigenvalue weighted by Gasteiger charge is -2.15. The summed E-state index contributed by atoms with van der Waals surface area (Å²) in [5.41, 5.74) is 1.06. The van der Waals surface area contributed by atoms with Crippen LogP contribution in [-0.2, 0) is 16.1 Å². The normalized spacial score (nSPS) is 23.2. The third-order valence-electron chi connectivity index (χ3n) is 3.60. The van der Waals surface area contributed by atoms with Gasteiger partial charge in [-0.05, 0) is 12.5 Å². The molecule has 2 atom stereocenters. The first-order valence-electron chi connectivity index (χ1n) is 6.83. The van der Waals surface area contributed by atoms with E-state index in [9.17, 15) is 13.6 Å². The van der Waals surface area contributed by atoms with Crippen LogP contribution in [-0.4, -0.2) is 37.0 Å². The molecule has 1 saturated heterocycles. The van der Waals surface area contributed by atoms with E-state index in [1.807, 2.05) is 35.2 Å². The predicted octanol–water partition coefficient (Wildman–Crippen LogP) is 2.56. The Hall–Kier alpha value is -1.49. The number of benzene rings is 1. The van der Waals surface area contributed by atoms with Crippen LogP contribution in [0.15, 0.2) is 30.3 Å². The van der Waals surface area contributed by atoms with Crippen molar-refractivity contribution in [3.63, 3.8) is 0 Å². The maximum Gasteiger partial charge on any atom is 0.310 e. The van der Waals surface area contributed by atoms with Crippen LogP contribution >= 0.6 is 0 Å². The number of carbonyl (C=O) groups excluding carboxylic acids is 1.